The molecular formula is C28H46N2. The summed E-state index contributed by atoms with van der Waals surface area (Å²) in [5, 5.41) is 4.64. The second-order valence-electron chi connectivity index (χ2n) is 13.5. The van der Waals surface area contributed by atoms with Crippen molar-refractivity contribution < 1.29 is 0 Å². The zero-order chi connectivity index (χ0) is 21.3. The monoisotopic (exact) mass is 410 g/mol. The Kier molecular flexibility index (Phi) is 4.99. The molecule has 1 aromatic rings. The molecule has 2 nitrogen and oxygen atoms in total. The quantitative estimate of drug-likeness (QED) is 0.504. The lowest BCUT2D eigenvalue weighted by atomic mass is 9.45. The van der Waals surface area contributed by atoms with Gasteiger partial charge >= 0.3 is 0 Å². The topological polar surface area (TPSA) is 17.8 Å². The number of aryl methyl sites for hydroxylation is 1. The van der Waals surface area contributed by atoms with Crippen molar-refractivity contribution in [3.63, 3.8) is 0 Å². The summed E-state index contributed by atoms with van der Waals surface area (Å²) in [6.45, 7) is 16.2. The van der Waals surface area contributed by atoms with Crippen molar-refractivity contribution in [3.8, 4) is 0 Å². The Hall–Kier alpha value is -0.790. The fourth-order valence-corrected chi connectivity index (χ4v) is 9.97. The normalized spacial score (nSPS) is 46.2. The van der Waals surface area contributed by atoms with E-state index in [1.54, 1.807) is 0 Å². The van der Waals surface area contributed by atoms with Gasteiger partial charge < -0.3 is 0 Å². The third-order valence-electron chi connectivity index (χ3n) is 11.0. The van der Waals surface area contributed by atoms with Gasteiger partial charge in [0.05, 0.1) is 6.20 Å². The molecule has 0 radical (unpaired) electrons. The highest BCUT2D eigenvalue weighted by atomic mass is 15.3. The summed E-state index contributed by atoms with van der Waals surface area (Å²) in [5.74, 6) is 5.84. The Balaban J connectivity index is 1.36. The van der Waals surface area contributed by atoms with Gasteiger partial charge in [-0.1, -0.05) is 41.0 Å². The Morgan fingerprint density at radius 1 is 1.00 bits per heavy atom. The number of nitrogens with zero attached hydrogens (tertiary/aromatic N) is 2. The van der Waals surface area contributed by atoms with Gasteiger partial charge in [-0.3, -0.25) is 4.68 Å². The Labute approximate surface area is 185 Å². The molecule has 2 heteroatoms. The largest absolute Gasteiger partial charge is 0.272 e. The molecular weight excluding hydrogens is 364 g/mol. The number of hydrogen-bond acceptors (Lipinski definition) is 1. The number of aromatic nitrogens is 2. The first kappa shape index (κ1) is 21.1. The summed E-state index contributed by atoms with van der Waals surface area (Å²) in [6.07, 6.45) is 17.7. The second kappa shape index (κ2) is 7.11. The second-order valence-corrected chi connectivity index (χ2v) is 13.5. The van der Waals surface area contributed by atoms with E-state index in [1.807, 2.05) is 6.20 Å². The van der Waals surface area contributed by atoms with Crippen LogP contribution in [-0.4, -0.2) is 9.78 Å². The molecule has 4 aliphatic rings. The first-order chi connectivity index (χ1) is 14.1. The molecule has 4 saturated carbocycles. The van der Waals surface area contributed by atoms with Crippen LogP contribution < -0.4 is 0 Å². The van der Waals surface area contributed by atoms with E-state index < -0.39 is 0 Å². The van der Waals surface area contributed by atoms with E-state index in [4.69, 9.17) is 0 Å². The lowest BCUT2D eigenvalue weighted by Gasteiger charge is -2.60. The maximum absolute atomic E-state index is 4.64. The molecule has 2 unspecified atom stereocenters. The van der Waals surface area contributed by atoms with Crippen LogP contribution >= 0.6 is 0 Å². The van der Waals surface area contributed by atoms with Gasteiger partial charge in [0, 0.05) is 12.7 Å². The molecule has 4 fully saturated rings. The van der Waals surface area contributed by atoms with Crippen molar-refractivity contribution in [1.82, 2.24) is 9.78 Å². The highest BCUT2D eigenvalue weighted by molar-refractivity contribution is 5.10. The van der Waals surface area contributed by atoms with Crippen LogP contribution in [0.15, 0.2) is 12.4 Å². The summed E-state index contributed by atoms with van der Waals surface area (Å²) in [4.78, 5) is 0. The van der Waals surface area contributed by atoms with Gasteiger partial charge in [-0.2, -0.15) is 5.10 Å². The average Bonchev–Trinajstić information content (AvgIpc) is 3.23. The first-order valence-electron chi connectivity index (χ1n) is 13.1. The van der Waals surface area contributed by atoms with Crippen LogP contribution in [0, 0.1) is 58.7 Å². The molecule has 1 aromatic heterocycles. The van der Waals surface area contributed by atoms with Crippen LogP contribution in [0.2, 0.25) is 0 Å². The predicted octanol–water partition coefficient (Wildman–Crippen LogP) is 7.51. The van der Waals surface area contributed by atoms with E-state index in [2.05, 4.69) is 57.5 Å². The molecule has 30 heavy (non-hydrogen) atoms. The lowest BCUT2D eigenvalue weighted by molar-refractivity contribution is -0.113. The molecule has 0 spiro atoms. The first-order valence-corrected chi connectivity index (χ1v) is 13.1. The summed E-state index contributed by atoms with van der Waals surface area (Å²) in [7, 11) is 0. The molecule has 1 heterocycles. The molecule has 0 saturated heterocycles. The zero-order valence-corrected chi connectivity index (χ0v) is 20.6. The van der Waals surface area contributed by atoms with Gasteiger partial charge in [-0.25, -0.2) is 0 Å². The Morgan fingerprint density at radius 3 is 2.43 bits per heavy atom. The smallest absolute Gasteiger partial charge is 0.0518 e. The number of hydrogen-bond donors (Lipinski definition) is 0. The fourth-order valence-electron chi connectivity index (χ4n) is 9.97. The number of rotatable bonds is 3. The Bertz CT molecular complexity index is 777. The maximum Gasteiger partial charge on any atom is 0.0518 e. The third-order valence-corrected chi connectivity index (χ3v) is 11.0. The van der Waals surface area contributed by atoms with Crippen molar-refractivity contribution in [2.45, 2.75) is 106 Å². The summed E-state index contributed by atoms with van der Waals surface area (Å²) in [6, 6.07) is 0. The van der Waals surface area contributed by atoms with Crippen LogP contribution in [-0.2, 0) is 6.54 Å². The lowest BCUT2D eigenvalue weighted by Crippen LogP contribution is -2.53. The van der Waals surface area contributed by atoms with E-state index in [-0.39, 0.29) is 0 Å². The van der Waals surface area contributed by atoms with Gasteiger partial charge in [0.25, 0.3) is 0 Å². The van der Waals surface area contributed by atoms with Crippen molar-refractivity contribution in [2.24, 2.45) is 51.8 Å². The maximum atomic E-state index is 4.64. The van der Waals surface area contributed by atoms with Crippen molar-refractivity contribution in [1.29, 1.82) is 0 Å². The SMILES string of the molecule is Cc1cnn(CC(C)(C)[C@H]2CCC3[C@@H]4CC[C@]5(C)C[C@@H](C)CC[C@@H]5C4CC[C@@]32C)c1. The molecule has 0 amide bonds. The molecule has 8 atom stereocenters. The highest BCUT2D eigenvalue weighted by Gasteiger charge is 2.60. The minimum Gasteiger partial charge on any atom is -0.272 e. The van der Waals surface area contributed by atoms with Gasteiger partial charge in [0.2, 0.25) is 0 Å². The third kappa shape index (κ3) is 3.22. The van der Waals surface area contributed by atoms with Gasteiger partial charge in [0.15, 0.2) is 0 Å². The molecule has 4 aliphatic carbocycles. The van der Waals surface area contributed by atoms with E-state index in [0.29, 0.717) is 16.2 Å². The molecule has 168 valence electrons. The van der Waals surface area contributed by atoms with E-state index in [0.717, 1.165) is 42.1 Å². The average molecular weight is 411 g/mol. The van der Waals surface area contributed by atoms with Gasteiger partial charge in [-0.15, -0.1) is 0 Å². The fraction of sp³-hybridized carbons (Fsp3) is 0.893. The van der Waals surface area contributed by atoms with E-state index >= 15 is 0 Å². The van der Waals surface area contributed by atoms with Crippen molar-refractivity contribution >= 4 is 0 Å². The van der Waals surface area contributed by atoms with Crippen LogP contribution in [0.1, 0.15) is 98.0 Å². The highest BCUT2D eigenvalue weighted by Crippen LogP contribution is 2.68. The van der Waals surface area contributed by atoms with E-state index in [1.165, 1.54) is 63.4 Å². The molecule has 0 N–H and O–H groups in total. The predicted molar refractivity (Wildman–Crippen MR) is 125 cm³/mol. The van der Waals surface area contributed by atoms with Crippen molar-refractivity contribution in [2.75, 3.05) is 0 Å². The van der Waals surface area contributed by atoms with Gasteiger partial charge in [-0.05, 0) is 116 Å². The minimum atomic E-state index is 0.318. The molecule has 0 aliphatic heterocycles. The minimum absolute atomic E-state index is 0.318. The zero-order valence-electron chi connectivity index (χ0n) is 20.6. The molecule has 0 bridgehead atoms. The van der Waals surface area contributed by atoms with Crippen LogP contribution in [0.3, 0.4) is 0 Å². The van der Waals surface area contributed by atoms with Gasteiger partial charge in [0.1, 0.15) is 0 Å². The Morgan fingerprint density at radius 2 is 1.70 bits per heavy atom. The molecule has 0 aromatic carbocycles. The summed E-state index contributed by atoms with van der Waals surface area (Å²) >= 11 is 0. The summed E-state index contributed by atoms with van der Waals surface area (Å²) in [5.41, 5.74) is 2.80. The van der Waals surface area contributed by atoms with Crippen LogP contribution in [0.5, 0.6) is 0 Å². The summed E-state index contributed by atoms with van der Waals surface area (Å²) < 4.78 is 2.22. The van der Waals surface area contributed by atoms with Crippen LogP contribution in [0.25, 0.3) is 0 Å². The molecule has 5 rings (SSSR count). The van der Waals surface area contributed by atoms with E-state index in [9.17, 15) is 0 Å². The number of fused-ring (bicyclic) bond motifs is 5. The standard InChI is InChI=1S/C28H46N2/c1-19-7-8-23-21-12-14-28(6)24(22(21)11-13-27(23,5)15-19)9-10-25(28)26(3,4)18-30-17-20(2)16-29-30/h16-17,19,21-25H,7-15,18H2,1-6H3/t19-,21?,22+,23+,24?,25+,27+,28-/m0/s1. The van der Waals surface area contributed by atoms with Crippen molar-refractivity contribution in [3.05, 3.63) is 18.0 Å². The van der Waals surface area contributed by atoms with Crippen LogP contribution in [0.4, 0.5) is 0 Å².